The Morgan fingerprint density at radius 2 is 1.86 bits per heavy atom. The summed E-state index contributed by atoms with van der Waals surface area (Å²) in [6, 6.07) is 9.93. The first-order valence-corrected chi connectivity index (χ1v) is 6.98. The van der Waals surface area contributed by atoms with Crippen LogP contribution >= 0.6 is 0 Å². The molecular weight excluding hydrogens is 276 g/mol. The highest BCUT2D eigenvalue weighted by Crippen LogP contribution is 2.19. The van der Waals surface area contributed by atoms with Crippen LogP contribution < -0.4 is 10.1 Å². The van der Waals surface area contributed by atoms with Gasteiger partial charge in [0.2, 0.25) is 5.88 Å². The molecule has 0 amide bonds. The van der Waals surface area contributed by atoms with E-state index in [0.717, 1.165) is 29.1 Å². The molecule has 0 unspecified atom stereocenters. The van der Waals surface area contributed by atoms with Crippen molar-refractivity contribution in [1.29, 1.82) is 0 Å². The van der Waals surface area contributed by atoms with Gasteiger partial charge in [-0.25, -0.2) is 4.98 Å². The van der Waals surface area contributed by atoms with Crippen LogP contribution in [0.5, 0.6) is 11.6 Å². The first kappa shape index (κ1) is 14.0. The molecule has 2 heterocycles. The molecule has 3 rings (SSSR count). The van der Waals surface area contributed by atoms with E-state index < -0.39 is 0 Å². The van der Waals surface area contributed by atoms with Gasteiger partial charge < -0.3 is 10.1 Å². The fraction of sp³-hybridized carbons (Fsp3) is 0.118. The first-order chi connectivity index (χ1) is 10.8. The number of aromatic nitrogens is 3. The third-order valence-corrected chi connectivity index (χ3v) is 3.06. The normalized spacial score (nSPS) is 10.2. The standard InChI is InChI=1S/C17H16N4O/c1-13-8-15(11-19-9-13)21-10-14-2-4-16(5-3-14)22-17-12-18-6-7-20-17/h2-9,11-12,21H,10H2,1H3. The second-order valence-corrected chi connectivity index (χ2v) is 4.89. The minimum atomic E-state index is 0.485. The van der Waals surface area contributed by atoms with Gasteiger partial charge in [0.15, 0.2) is 0 Å². The molecule has 0 fully saturated rings. The Morgan fingerprint density at radius 3 is 2.59 bits per heavy atom. The lowest BCUT2D eigenvalue weighted by atomic mass is 10.2. The number of nitrogens with zero attached hydrogens (tertiary/aromatic N) is 3. The van der Waals surface area contributed by atoms with Crippen molar-refractivity contribution >= 4 is 5.69 Å². The highest BCUT2D eigenvalue weighted by atomic mass is 16.5. The monoisotopic (exact) mass is 292 g/mol. The summed E-state index contributed by atoms with van der Waals surface area (Å²) in [6.07, 6.45) is 8.45. The SMILES string of the molecule is Cc1cncc(NCc2ccc(Oc3cnccn3)cc2)c1. The fourth-order valence-electron chi connectivity index (χ4n) is 1.99. The van der Waals surface area contributed by atoms with E-state index in [9.17, 15) is 0 Å². The van der Waals surface area contributed by atoms with Crippen molar-refractivity contribution in [3.63, 3.8) is 0 Å². The Labute approximate surface area is 129 Å². The average Bonchev–Trinajstić information content (AvgIpc) is 2.55. The summed E-state index contributed by atoms with van der Waals surface area (Å²) in [6.45, 7) is 2.76. The van der Waals surface area contributed by atoms with E-state index in [1.165, 1.54) is 0 Å². The van der Waals surface area contributed by atoms with Crippen molar-refractivity contribution < 1.29 is 4.74 Å². The van der Waals surface area contributed by atoms with Crippen molar-refractivity contribution in [2.24, 2.45) is 0 Å². The van der Waals surface area contributed by atoms with Gasteiger partial charge >= 0.3 is 0 Å². The quantitative estimate of drug-likeness (QED) is 0.778. The molecule has 0 atom stereocenters. The molecule has 2 aromatic heterocycles. The Hall–Kier alpha value is -2.95. The van der Waals surface area contributed by atoms with Crippen molar-refractivity contribution in [2.75, 3.05) is 5.32 Å². The lowest BCUT2D eigenvalue weighted by Crippen LogP contribution is -2.00. The van der Waals surface area contributed by atoms with Crippen LogP contribution in [0.2, 0.25) is 0 Å². The molecule has 5 heteroatoms. The van der Waals surface area contributed by atoms with E-state index in [1.54, 1.807) is 18.6 Å². The highest BCUT2D eigenvalue weighted by molar-refractivity contribution is 5.43. The minimum Gasteiger partial charge on any atom is -0.438 e. The lowest BCUT2D eigenvalue weighted by molar-refractivity contribution is 0.460. The molecule has 110 valence electrons. The van der Waals surface area contributed by atoms with Crippen molar-refractivity contribution in [2.45, 2.75) is 13.5 Å². The van der Waals surface area contributed by atoms with Crippen LogP contribution in [-0.4, -0.2) is 15.0 Å². The molecule has 3 aromatic rings. The number of benzene rings is 1. The Morgan fingerprint density at radius 1 is 1.00 bits per heavy atom. The minimum absolute atomic E-state index is 0.485. The summed E-state index contributed by atoms with van der Waals surface area (Å²) in [5.74, 6) is 1.22. The molecule has 0 radical (unpaired) electrons. The third-order valence-electron chi connectivity index (χ3n) is 3.06. The molecule has 0 spiro atoms. The predicted octanol–water partition coefficient (Wildman–Crippen LogP) is 3.58. The summed E-state index contributed by atoms with van der Waals surface area (Å²) in [5, 5.41) is 3.35. The van der Waals surface area contributed by atoms with Gasteiger partial charge in [-0.1, -0.05) is 12.1 Å². The van der Waals surface area contributed by atoms with Gasteiger partial charge in [0.25, 0.3) is 0 Å². The molecule has 22 heavy (non-hydrogen) atoms. The molecule has 1 N–H and O–H groups in total. The number of anilines is 1. The molecule has 0 aliphatic heterocycles. The van der Waals surface area contributed by atoms with Crippen molar-refractivity contribution in [1.82, 2.24) is 15.0 Å². The summed E-state index contributed by atoms with van der Waals surface area (Å²) in [4.78, 5) is 12.2. The second kappa shape index (κ2) is 6.67. The molecule has 0 aliphatic carbocycles. The maximum absolute atomic E-state index is 5.61. The van der Waals surface area contributed by atoms with Crippen molar-refractivity contribution in [3.8, 4) is 11.6 Å². The van der Waals surface area contributed by atoms with Gasteiger partial charge in [0.05, 0.1) is 11.9 Å². The van der Waals surface area contributed by atoms with Crippen LogP contribution in [0.1, 0.15) is 11.1 Å². The predicted molar refractivity (Wildman–Crippen MR) is 84.8 cm³/mol. The van der Waals surface area contributed by atoms with Gasteiger partial charge in [-0.2, -0.15) is 0 Å². The van der Waals surface area contributed by atoms with Gasteiger partial charge in [0.1, 0.15) is 5.75 Å². The second-order valence-electron chi connectivity index (χ2n) is 4.89. The number of ether oxygens (including phenoxy) is 1. The maximum atomic E-state index is 5.61. The smallest absolute Gasteiger partial charge is 0.237 e. The topological polar surface area (TPSA) is 59.9 Å². The number of rotatable bonds is 5. The van der Waals surface area contributed by atoms with Crippen LogP contribution in [0.25, 0.3) is 0 Å². The summed E-state index contributed by atoms with van der Waals surface area (Å²) in [5.41, 5.74) is 3.31. The lowest BCUT2D eigenvalue weighted by Gasteiger charge is -2.08. The summed E-state index contributed by atoms with van der Waals surface area (Å²) >= 11 is 0. The van der Waals surface area contributed by atoms with Gasteiger partial charge in [-0.05, 0) is 36.2 Å². The number of hydrogen-bond acceptors (Lipinski definition) is 5. The van der Waals surface area contributed by atoms with Crippen LogP contribution in [0, 0.1) is 6.92 Å². The van der Waals surface area contributed by atoms with Crippen molar-refractivity contribution in [3.05, 3.63) is 72.4 Å². The van der Waals surface area contributed by atoms with Gasteiger partial charge in [-0.3, -0.25) is 9.97 Å². The van der Waals surface area contributed by atoms with E-state index in [1.807, 2.05) is 43.6 Å². The zero-order valence-electron chi connectivity index (χ0n) is 12.2. The van der Waals surface area contributed by atoms with E-state index in [-0.39, 0.29) is 0 Å². The van der Waals surface area contributed by atoms with Crippen LogP contribution in [-0.2, 0) is 6.54 Å². The Kier molecular flexibility index (Phi) is 4.25. The molecule has 0 aliphatic rings. The number of nitrogens with one attached hydrogen (secondary N) is 1. The number of hydrogen-bond donors (Lipinski definition) is 1. The van der Waals surface area contributed by atoms with E-state index >= 15 is 0 Å². The third kappa shape index (κ3) is 3.79. The van der Waals surface area contributed by atoms with Gasteiger partial charge in [-0.15, -0.1) is 0 Å². The fourth-order valence-corrected chi connectivity index (χ4v) is 1.99. The largest absolute Gasteiger partial charge is 0.438 e. The molecule has 1 aromatic carbocycles. The molecule has 5 nitrogen and oxygen atoms in total. The van der Waals surface area contributed by atoms with Crippen LogP contribution in [0.4, 0.5) is 5.69 Å². The van der Waals surface area contributed by atoms with E-state index in [4.69, 9.17) is 4.74 Å². The van der Waals surface area contributed by atoms with Crippen LogP contribution in [0.3, 0.4) is 0 Å². The Bertz CT molecular complexity index is 729. The Balaban J connectivity index is 1.60. The summed E-state index contributed by atoms with van der Waals surface area (Å²) in [7, 11) is 0. The molecule has 0 bridgehead atoms. The molecule has 0 saturated heterocycles. The summed E-state index contributed by atoms with van der Waals surface area (Å²) < 4.78 is 5.61. The maximum Gasteiger partial charge on any atom is 0.237 e. The molecule has 0 saturated carbocycles. The highest BCUT2D eigenvalue weighted by Gasteiger charge is 1.99. The van der Waals surface area contributed by atoms with E-state index in [0.29, 0.717) is 5.88 Å². The molecular formula is C17H16N4O. The zero-order valence-corrected chi connectivity index (χ0v) is 12.2. The number of pyridine rings is 1. The number of aryl methyl sites for hydroxylation is 1. The average molecular weight is 292 g/mol. The van der Waals surface area contributed by atoms with Gasteiger partial charge in [0, 0.05) is 31.3 Å². The zero-order chi connectivity index (χ0) is 15.2. The first-order valence-electron chi connectivity index (χ1n) is 6.98. The van der Waals surface area contributed by atoms with E-state index in [2.05, 4.69) is 26.3 Å². The van der Waals surface area contributed by atoms with Crippen LogP contribution in [0.15, 0.2) is 61.3 Å².